The molecule has 90 valence electrons. The highest BCUT2D eigenvalue weighted by Crippen LogP contribution is 2.37. The average molecular weight is 220 g/mol. The van der Waals surface area contributed by atoms with Crippen molar-refractivity contribution in [1.82, 2.24) is 5.32 Å². The Kier molecular flexibility index (Phi) is 4.81. The van der Waals surface area contributed by atoms with Gasteiger partial charge in [-0.2, -0.15) is 0 Å². The van der Waals surface area contributed by atoms with Gasteiger partial charge in [0.15, 0.2) is 0 Å². The monoisotopic (exact) mass is 220 g/mol. The minimum atomic E-state index is 0.329. The van der Waals surface area contributed by atoms with E-state index in [0.717, 1.165) is 25.9 Å². The molecule has 1 heterocycles. The van der Waals surface area contributed by atoms with E-state index in [1.54, 1.807) is 0 Å². The standard InChI is InChI=1S/C14H24N2/c1-4-7-12-10-14(6-3,8-9-15)11-16-13(12)5-2/h4-5,7,16H,2,6,8-11,15H2,1,3H3/b7-4-. The van der Waals surface area contributed by atoms with Crippen LogP contribution in [0.2, 0.25) is 0 Å². The molecule has 0 amide bonds. The van der Waals surface area contributed by atoms with E-state index in [2.05, 4.69) is 37.9 Å². The molecule has 16 heavy (non-hydrogen) atoms. The van der Waals surface area contributed by atoms with Crippen LogP contribution in [0.3, 0.4) is 0 Å². The molecular weight excluding hydrogens is 196 g/mol. The molecule has 0 aromatic heterocycles. The maximum Gasteiger partial charge on any atom is 0.0367 e. The van der Waals surface area contributed by atoms with E-state index in [9.17, 15) is 0 Å². The maximum absolute atomic E-state index is 5.72. The Hall–Kier alpha value is -1.02. The van der Waals surface area contributed by atoms with E-state index >= 15 is 0 Å². The molecule has 0 fully saturated rings. The summed E-state index contributed by atoms with van der Waals surface area (Å²) in [4.78, 5) is 0. The minimum absolute atomic E-state index is 0.329. The first kappa shape index (κ1) is 13.0. The van der Waals surface area contributed by atoms with E-state index in [1.807, 2.05) is 6.08 Å². The summed E-state index contributed by atoms with van der Waals surface area (Å²) in [5.41, 5.74) is 8.59. The average Bonchev–Trinajstić information content (AvgIpc) is 2.30. The fraction of sp³-hybridized carbons (Fsp3) is 0.571. The summed E-state index contributed by atoms with van der Waals surface area (Å²) < 4.78 is 0. The Bertz CT molecular complexity index is 302. The topological polar surface area (TPSA) is 38.0 Å². The number of rotatable bonds is 5. The van der Waals surface area contributed by atoms with Gasteiger partial charge in [-0.3, -0.25) is 0 Å². The number of nitrogens with two attached hydrogens (primary N) is 1. The van der Waals surface area contributed by atoms with E-state index in [-0.39, 0.29) is 0 Å². The molecule has 0 radical (unpaired) electrons. The van der Waals surface area contributed by atoms with Crippen LogP contribution in [0.15, 0.2) is 36.1 Å². The molecule has 0 aromatic carbocycles. The molecule has 1 aliphatic rings. The Morgan fingerprint density at radius 3 is 2.81 bits per heavy atom. The van der Waals surface area contributed by atoms with Gasteiger partial charge in [0.1, 0.15) is 0 Å². The smallest absolute Gasteiger partial charge is 0.0367 e. The van der Waals surface area contributed by atoms with Crippen LogP contribution in [0.4, 0.5) is 0 Å². The lowest BCUT2D eigenvalue weighted by atomic mass is 9.73. The van der Waals surface area contributed by atoms with E-state index < -0.39 is 0 Å². The molecule has 0 aromatic rings. The largest absolute Gasteiger partial charge is 0.384 e. The molecule has 0 bridgehead atoms. The van der Waals surface area contributed by atoms with Crippen LogP contribution >= 0.6 is 0 Å². The fourth-order valence-electron chi connectivity index (χ4n) is 2.42. The molecule has 1 unspecified atom stereocenters. The molecule has 1 aliphatic heterocycles. The van der Waals surface area contributed by atoms with Crippen LogP contribution in [0.25, 0.3) is 0 Å². The highest BCUT2D eigenvalue weighted by atomic mass is 14.9. The number of hydrogen-bond acceptors (Lipinski definition) is 2. The summed E-state index contributed by atoms with van der Waals surface area (Å²) in [7, 11) is 0. The van der Waals surface area contributed by atoms with Gasteiger partial charge >= 0.3 is 0 Å². The van der Waals surface area contributed by atoms with Gasteiger partial charge in [-0.1, -0.05) is 25.7 Å². The van der Waals surface area contributed by atoms with Crippen molar-refractivity contribution in [1.29, 1.82) is 0 Å². The maximum atomic E-state index is 5.72. The van der Waals surface area contributed by atoms with Crippen molar-refractivity contribution in [2.75, 3.05) is 13.1 Å². The molecule has 2 heteroatoms. The molecular formula is C14H24N2. The summed E-state index contributed by atoms with van der Waals surface area (Å²) in [6.07, 6.45) is 9.56. The van der Waals surface area contributed by atoms with Gasteiger partial charge in [0.05, 0.1) is 0 Å². The first-order valence-electron chi connectivity index (χ1n) is 6.13. The number of nitrogens with one attached hydrogen (secondary N) is 1. The lowest BCUT2D eigenvalue weighted by Crippen LogP contribution is -2.39. The van der Waals surface area contributed by atoms with E-state index in [4.69, 9.17) is 5.73 Å². The van der Waals surface area contributed by atoms with Gasteiger partial charge in [0.2, 0.25) is 0 Å². The summed E-state index contributed by atoms with van der Waals surface area (Å²) in [6, 6.07) is 0. The molecule has 2 nitrogen and oxygen atoms in total. The van der Waals surface area contributed by atoms with E-state index in [0.29, 0.717) is 5.41 Å². The zero-order valence-electron chi connectivity index (χ0n) is 10.6. The van der Waals surface area contributed by atoms with Crippen molar-refractivity contribution in [3.63, 3.8) is 0 Å². The van der Waals surface area contributed by atoms with Crippen molar-refractivity contribution in [2.24, 2.45) is 11.1 Å². The van der Waals surface area contributed by atoms with Gasteiger partial charge in [-0.15, -0.1) is 0 Å². The second-order valence-corrected chi connectivity index (χ2v) is 4.57. The van der Waals surface area contributed by atoms with Crippen molar-refractivity contribution in [3.8, 4) is 0 Å². The highest BCUT2D eigenvalue weighted by Gasteiger charge is 2.31. The van der Waals surface area contributed by atoms with Crippen LogP contribution < -0.4 is 11.1 Å². The highest BCUT2D eigenvalue weighted by molar-refractivity contribution is 5.34. The SMILES string of the molecule is C=CC1=C(/C=C\C)CC(CC)(CCN)CN1. The molecule has 0 aliphatic carbocycles. The quantitative estimate of drug-likeness (QED) is 0.747. The zero-order valence-corrected chi connectivity index (χ0v) is 10.6. The predicted molar refractivity (Wildman–Crippen MR) is 71.1 cm³/mol. The van der Waals surface area contributed by atoms with Crippen LogP contribution in [-0.2, 0) is 0 Å². The van der Waals surface area contributed by atoms with Gasteiger partial charge in [-0.25, -0.2) is 0 Å². The number of allylic oxidation sites excluding steroid dienone is 4. The van der Waals surface area contributed by atoms with Crippen LogP contribution in [-0.4, -0.2) is 13.1 Å². The molecule has 0 saturated heterocycles. The first-order chi connectivity index (χ1) is 7.71. The second kappa shape index (κ2) is 5.90. The summed E-state index contributed by atoms with van der Waals surface area (Å²) in [6.45, 7) is 9.95. The van der Waals surface area contributed by atoms with Crippen molar-refractivity contribution >= 4 is 0 Å². The Morgan fingerprint density at radius 2 is 2.31 bits per heavy atom. The molecule has 1 rings (SSSR count). The van der Waals surface area contributed by atoms with Gasteiger partial charge in [-0.05, 0) is 49.8 Å². The van der Waals surface area contributed by atoms with Crippen molar-refractivity contribution in [2.45, 2.75) is 33.1 Å². The minimum Gasteiger partial charge on any atom is -0.384 e. The van der Waals surface area contributed by atoms with Gasteiger partial charge in [0.25, 0.3) is 0 Å². The lowest BCUT2D eigenvalue weighted by Gasteiger charge is -2.38. The third-order valence-electron chi connectivity index (χ3n) is 3.56. The Morgan fingerprint density at radius 1 is 1.56 bits per heavy atom. The number of hydrogen-bond donors (Lipinski definition) is 2. The van der Waals surface area contributed by atoms with Crippen LogP contribution in [0, 0.1) is 5.41 Å². The van der Waals surface area contributed by atoms with Gasteiger partial charge in [0, 0.05) is 12.2 Å². The Balaban J connectivity index is 2.93. The van der Waals surface area contributed by atoms with Crippen LogP contribution in [0.1, 0.15) is 33.1 Å². The molecule has 3 N–H and O–H groups in total. The molecule has 0 saturated carbocycles. The normalized spacial score (nSPS) is 25.9. The third kappa shape index (κ3) is 2.76. The third-order valence-corrected chi connectivity index (χ3v) is 3.56. The van der Waals surface area contributed by atoms with Gasteiger partial charge < -0.3 is 11.1 Å². The first-order valence-corrected chi connectivity index (χ1v) is 6.13. The molecule has 1 atom stereocenters. The molecule has 0 spiro atoms. The van der Waals surface area contributed by atoms with Crippen molar-refractivity contribution in [3.05, 3.63) is 36.1 Å². The second-order valence-electron chi connectivity index (χ2n) is 4.57. The fourth-order valence-corrected chi connectivity index (χ4v) is 2.42. The van der Waals surface area contributed by atoms with Crippen LogP contribution in [0.5, 0.6) is 0 Å². The lowest BCUT2D eigenvalue weighted by molar-refractivity contribution is 0.236. The summed E-state index contributed by atoms with van der Waals surface area (Å²) in [5, 5.41) is 3.49. The predicted octanol–water partition coefficient (Wildman–Crippen LogP) is 2.74. The Labute approximate surface area is 99.3 Å². The summed E-state index contributed by atoms with van der Waals surface area (Å²) >= 11 is 0. The zero-order chi connectivity index (χ0) is 12.0. The van der Waals surface area contributed by atoms with E-state index in [1.165, 1.54) is 17.7 Å². The summed E-state index contributed by atoms with van der Waals surface area (Å²) in [5.74, 6) is 0. The van der Waals surface area contributed by atoms with Crippen molar-refractivity contribution < 1.29 is 0 Å².